The van der Waals surface area contributed by atoms with Gasteiger partial charge in [0.05, 0.1) is 11.3 Å². The zero-order valence-electron chi connectivity index (χ0n) is 25.6. The van der Waals surface area contributed by atoms with Gasteiger partial charge < -0.3 is 19.3 Å². The Labute approximate surface area is 266 Å². The number of furan rings is 1. The van der Waals surface area contributed by atoms with Crippen molar-refractivity contribution in [2.24, 2.45) is 0 Å². The van der Waals surface area contributed by atoms with Crippen LogP contribution >= 0.6 is 11.3 Å². The fourth-order valence-electron chi connectivity index (χ4n) is 7.21. The summed E-state index contributed by atoms with van der Waals surface area (Å²) in [5, 5.41) is 12.8. The van der Waals surface area contributed by atoms with Crippen molar-refractivity contribution in [3.63, 3.8) is 0 Å². The molecule has 9 rings (SSSR count). The second kappa shape index (κ2) is 9.29. The number of benzene rings is 5. The van der Waals surface area contributed by atoms with Gasteiger partial charge in [-0.2, -0.15) is 0 Å². The predicted octanol–water partition coefficient (Wildman–Crippen LogP) is 9.04. The third kappa shape index (κ3) is 3.85. The molecule has 45 heavy (non-hydrogen) atoms. The molecule has 2 aliphatic heterocycles. The molecule has 0 aliphatic carbocycles. The highest BCUT2D eigenvalue weighted by molar-refractivity contribution is 7.19. The molecule has 7 aromatic rings. The van der Waals surface area contributed by atoms with Gasteiger partial charge in [0.15, 0.2) is 0 Å². The van der Waals surface area contributed by atoms with Gasteiger partial charge in [-0.3, -0.25) is 0 Å². The lowest BCUT2D eigenvalue weighted by atomic mass is 9.35. The summed E-state index contributed by atoms with van der Waals surface area (Å²) in [5.41, 5.74) is 12.0. The molecule has 4 heterocycles. The normalized spacial score (nSPS) is 13.7. The first-order valence-corrected chi connectivity index (χ1v) is 16.3. The van der Waals surface area contributed by atoms with Crippen LogP contribution < -0.4 is 26.4 Å². The Bertz CT molecular complexity index is 2300. The van der Waals surface area contributed by atoms with Crippen molar-refractivity contribution in [2.75, 3.05) is 9.80 Å². The average Bonchev–Trinajstić information content (AvgIpc) is 3.62. The summed E-state index contributed by atoms with van der Waals surface area (Å²) in [6.45, 7) is 8.91. The number of hydrogen-bond acceptors (Lipinski definition) is 5. The monoisotopic (exact) mass is 602 g/mol. The predicted molar refractivity (Wildman–Crippen MR) is 191 cm³/mol. The van der Waals surface area contributed by atoms with Crippen LogP contribution in [-0.2, 0) is 5.41 Å². The Kier molecular flexibility index (Phi) is 5.46. The van der Waals surface area contributed by atoms with Crippen LogP contribution in [0.15, 0.2) is 114 Å². The molecule has 0 bridgehead atoms. The number of aryl methyl sites for hydroxylation is 1. The molecule has 5 aromatic carbocycles. The molecule has 4 nitrogen and oxygen atoms in total. The summed E-state index contributed by atoms with van der Waals surface area (Å²) < 4.78 is 8.16. The lowest BCUT2D eigenvalue weighted by Gasteiger charge is -2.42. The minimum atomic E-state index is -0.125. The van der Waals surface area contributed by atoms with Gasteiger partial charge in [0.2, 0.25) is 0 Å². The molecule has 0 unspecified atom stereocenters. The molecule has 6 heteroatoms. The summed E-state index contributed by atoms with van der Waals surface area (Å²) >= 11 is 1.89. The maximum Gasteiger partial charge on any atom is 0.297 e. The van der Waals surface area contributed by atoms with E-state index in [1.54, 1.807) is 6.07 Å². The van der Waals surface area contributed by atoms with Gasteiger partial charge in [0, 0.05) is 43.4 Å². The van der Waals surface area contributed by atoms with E-state index in [1.165, 1.54) is 37.1 Å². The Morgan fingerprint density at radius 2 is 1.40 bits per heavy atom. The van der Waals surface area contributed by atoms with E-state index in [2.05, 4.69) is 122 Å². The number of para-hydroxylation sites is 2. The van der Waals surface area contributed by atoms with Crippen molar-refractivity contribution < 1.29 is 9.52 Å². The number of fused-ring (bicyclic) bond motifs is 7. The highest BCUT2D eigenvalue weighted by atomic mass is 32.1. The third-order valence-corrected chi connectivity index (χ3v) is 10.7. The van der Waals surface area contributed by atoms with Crippen molar-refractivity contribution in [3.05, 3.63) is 120 Å². The average molecular weight is 603 g/mol. The number of phenolic OH excluding ortho intramolecular Hbond substituents is 1. The number of thiophene rings is 1. The molecule has 1 N–H and O–H groups in total. The lowest BCUT2D eigenvalue weighted by molar-refractivity contribution is 0.476. The minimum Gasteiger partial charge on any atom is -0.508 e. The summed E-state index contributed by atoms with van der Waals surface area (Å²) in [4.78, 5) is 6.14. The zero-order valence-corrected chi connectivity index (χ0v) is 26.4. The number of rotatable bonds is 2. The van der Waals surface area contributed by atoms with Gasteiger partial charge in [0.25, 0.3) is 6.71 Å². The summed E-state index contributed by atoms with van der Waals surface area (Å²) in [6, 6.07) is 38.4. The molecule has 0 amide bonds. The van der Waals surface area contributed by atoms with Gasteiger partial charge in [-0.25, -0.2) is 0 Å². The van der Waals surface area contributed by atoms with E-state index in [9.17, 15) is 5.11 Å². The molecule has 2 aliphatic rings. The SMILES string of the molecule is Cc1cc2c3c(c1)N(c1ccccc1)c1c(oc4ccc(O)cc14)B3c1cc3sc(C(C)(C)C)cc3cc1N2c1ccccc1. The van der Waals surface area contributed by atoms with Crippen LogP contribution in [0.2, 0.25) is 0 Å². The molecular weight excluding hydrogens is 571 g/mol. The van der Waals surface area contributed by atoms with E-state index in [4.69, 9.17) is 4.42 Å². The van der Waals surface area contributed by atoms with Crippen molar-refractivity contribution in [2.45, 2.75) is 33.1 Å². The molecule has 0 atom stereocenters. The number of anilines is 6. The number of hydrogen-bond donors (Lipinski definition) is 1. The van der Waals surface area contributed by atoms with Crippen LogP contribution in [0.1, 0.15) is 31.2 Å². The smallest absolute Gasteiger partial charge is 0.297 e. The standard InChI is InChI=1S/C39H31BN2O2S/c1-23-17-31-36-32(18-23)42(26-13-9-6-10-14-26)37-28-21-27(43)15-16-33(28)44-38(37)40(36)29-22-34-24(20-35(45-34)39(2,3)4)19-30(29)41(31)25-11-7-5-8-12-25/h5-22,43H,1-4H3. The second-order valence-corrected chi connectivity index (χ2v) is 14.4. The summed E-state index contributed by atoms with van der Waals surface area (Å²) in [6.07, 6.45) is 0. The fourth-order valence-corrected chi connectivity index (χ4v) is 8.36. The maximum atomic E-state index is 10.7. The second-order valence-electron chi connectivity index (χ2n) is 13.3. The highest BCUT2D eigenvalue weighted by Crippen LogP contribution is 2.48. The molecule has 0 radical (unpaired) electrons. The molecule has 2 aromatic heterocycles. The third-order valence-electron chi connectivity index (χ3n) is 9.19. The van der Waals surface area contributed by atoms with Crippen molar-refractivity contribution in [1.29, 1.82) is 0 Å². The Morgan fingerprint density at radius 1 is 0.733 bits per heavy atom. The largest absolute Gasteiger partial charge is 0.508 e. The number of aromatic hydroxyl groups is 1. The Morgan fingerprint density at radius 3 is 2.09 bits per heavy atom. The van der Waals surface area contributed by atoms with E-state index < -0.39 is 0 Å². The van der Waals surface area contributed by atoms with Crippen LogP contribution in [0.25, 0.3) is 21.1 Å². The van der Waals surface area contributed by atoms with Crippen molar-refractivity contribution in [1.82, 2.24) is 0 Å². The Balaban J connectivity index is 1.43. The molecule has 218 valence electrons. The van der Waals surface area contributed by atoms with Crippen LogP contribution in [0, 0.1) is 6.92 Å². The molecule has 0 saturated heterocycles. The van der Waals surface area contributed by atoms with E-state index in [0.717, 1.165) is 45.1 Å². The first-order chi connectivity index (χ1) is 21.8. The van der Waals surface area contributed by atoms with Crippen LogP contribution in [0.5, 0.6) is 5.75 Å². The van der Waals surface area contributed by atoms with Gasteiger partial charge in [-0.1, -0.05) is 57.2 Å². The highest BCUT2D eigenvalue weighted by Gasteiger charge is 2.47. The number of nitrogens with zero attached hydrogens (tertiary/aromatic N) is 2. The zero-order chi connectivity index (χ0) is 30.6. The van der Waals surface area contributed by atoms with Crippen molar-refractivity contribution in [3.8, 4) is 5.75 Å². The summed E-state index contributed by atoms with van der Waals surface area (Å²) in [7, 11) is 0. The van der Waals surface area contributed by atoms with Gasteiger partial charge in [0.1, 0.15) is 11.3 Å². The van der Waals surface area contributed by atoms with E-state index in [1.807, 2.05) is 29.5 Å². The van der Waals surface area contributed by atoms with E-state index in [0.29, 0.717) is 0 Å². The van der Waals surface area contributed by atoms with Gasteiger partial charge >= 0.3 is 0 Å². The number of phenols is 1. The van der Waals surface area contributed by atoms with Gasteiger partial charge in [-0.05, 0) is 107 Å². The topological polar surface area (TPSA) is 39.9 Å². The van der Waals surface area contributed by atoms with Gasteiger partial charge in [-0.15, -0.1) is 11.3 Å². The maximum absolute atomic E-state index is 10.7. The first kappa shape index (κ1) is 26.5. The van der Waals surface area contributed by atoms with Crippen LogP contribution in [0.3, 0.4) is 0 Å². The van der Waals surface area contributed by atoms with E-state index in [-0.39, 0.29) is 17.9 Å². The van der Waals surface area contributed by atoms with Crippen LogP contribution in [-0.4, -0.2) is 11.8 Å². The van der Waals surface area contributed by atoms with Crippen LogP contribution in [0.4, 0.5) is 34.1 Å². The first-order valence-electron chi connectivity index (χ1n) is 15.4. The lowest BCUT2D eigenvalue weighted by Crippen LogP contribution is -2.61. The fraction of sp³-hybridized carbons (Fsp3) is 0.128. The molecule has 0 spiro atoms. The van der Waals surface area contributed by atoms with E-state index >= 15 is 0 Å². The molecule has 0 fully saturated rings. The van der Waals surface area contributed by atoms with Crippen molar-refractivity contribution >= 4 is 89.8 Å². The molecule has 0 saturated carbocycles. The summed E-state index contributed by atoms with van der Waals surface area (Å²) in [5.74, 6) is 0.226. The minimum absolute atomic E-state index is 0.0610. The quantitative estimate of drug-likeness (QED) is 0.201. The Hall–Kier alpha value is -4.94. The molecular formula is C39H31BN2O2S.